The molecule has 1 saturated carbocycles. The summed E-state index contributed by atoms with van der Waals surface area (Å²) in [6.07, 6.45) is 4.45. The van der Waals surface area contributed by atoms with Crippen LogP contribution in [0.2, 0.25) is 5.02 Å². The zero-order chi connectivity index (χ0) is 25.6. The Morgan fingerprint density at radius 2 is 1.72 bits per heavy atom. The lowest BCUT2D eigenvalue weighted by atomic mass is 9.89. The third kappa shape index (κ3) is 4.85. The lowest BCUT2D eigenvalue weighted by Gasteiger charge is -2.32. The molecule has 0 bridgehead atoms. The number of anilines is 1. The van der Waals surface area contributed by atoms with Gasteiger partial charge in [0.25, 0.3) is 11.8 Å². The molecule has 2 aromatic rings. The number of Topliss-reactive ketones (excluding diaryl/α,β-unsaturated/α-hetero) is 1. The molecule has 0 radical (unpaired) electrons. The summed E-state index contributed by atoms with van der Waals surface area (Å²) in [5.41, 5.74) is 2.96. The zero-order valence-electron chi connectivity index (χ0n) is 20.7. The van der Waals surface area contributed by atoms with Gasteiger partial charge in [0.1, 0.15) is 5.82 Å². The first-order valence-corrected chi connectivity index (χ1v) is 13.0. The normalized spacial score (nSPS) is 19.8. The van der Waals surface area contributed by atoms with Crippen LogP contribution >= 0.6 is 11.6 Å². The first-order chi connectivity index (χ1) is 17.2. The molecule has 36 heavy (non-hydrogen) atoms. The maximum absolute atomic E-state index is 13.4. The van der Waals surface area contributed by atoms with E-state index in [9.17, 15) is 18.8 Å². The Hall–Kier alpha value is -2.93. The zero-order valence-corrected chi connectivity index (χ0v) is 21.4. The lowest BCUT2D eigenvalue weighted by molar-refractivity contribution is -0.144. The molecule has 2 amide bonds. The van der Waals surface area contributed by atoms with Crippen molar-refractivity contribution in [2.75, 3.05) is 38.6 Å². The average molecular weight is 512 g/mol. The van der Waals surface area contributed by atoms with E-state index >= 15 is 0 Å². The Morgan fingerprint density at radius 1 is 1.06 bits per heavy atom. The van der Waals surface area contributed by atoms with Crippen molar-refractivity contribution in [1.29, 1.82) is 0 Å². The Bertz CT molecular complexity index is 1190. The van der Waals surface area contributed by atoms with E-state index in [1.807, 2.05) is 29.0 Å². The number of carbonyl (C=O) groups excluding carboxylic acids is 3. The second-order valence-electron chi connectivity index (χ2n) is 10.4. The van der Waals surface area contributed by atoms with E-state index in [4.69, 9.17) is 11.6 Å². The van der Waals surface area contributed by atoms with Gasteiger partial charge in [0, 0.05) is 45.5 Å². The SMILES string of the molecule is CN1CC(C(=O)C(=O)N(C)C2CC2)c2cc(C(=O)N3CCC(Cc4ccc(F)cc4)CC3)c(Cl)cc21. The van der Waals surface area contributed by atoms with Gasteiger partial charge in [-0.15, -0.1) is 0 Å². The minimum atomic E-state index is -0.607. The number of piperidine rings is 1. The first kappa shape index (κ1) is 24.8. The second kappa shape index (κ2) is 9.85. The van der Waals surface area contributed by atoms with Gasteiger partial charge in [0.2, 0.25) is 5.78 Å². The number of amides is 2. The van der Waals surface area contributed by atoms with Gasteiger partial charge in [-0.25, -0.2) is 4.39 Å². The van der Waals surface area contributed by atoms with Crippen LogP contribution in [0.5, 0.6) is 0 Å². The van der Waals surface area contributed by atoms with E-state index in [-0.39, 0.29) is 17.8 Å². The maximum atomic E-state index is 13.4. The van der Waals surface area contributed by atoms with Crippen molar-refractivity contribution in [1.82, 2.24) is 9.80 Å². The summed E-state index contributed by atoms with van der Waals surface area (Å²) < 4.78 is 13.2. The molecular weight excluding hydrogens is 481 g/mol. The van der Waals surface area contributed by atoms with Gasteiger partial charge in [-0.1, -0.05) is 23.7 Å². The smallest absolute Gasteiger partial charge is 0.290 e. The molecule has 1 unspecified atom stereocenters. The van der Waals surface area contributed by atoms with Gasteiger partial charge in [0.05, 0.1) is 16.5 Å². The third-order valence-corrected chi connectivity index (χ3v) is 8.18. The fourth-order valence-corrected chi connectivity index (χ4v) is 5.70. The molecule has 3 aliphatic rings. The highest BCUT2D eigenvalue weighted by Crippen LogP contribution is 2.40. The number of hydrogen-bond acceptors (Lipinski definition) is 4. The second-order valence-corrected chi connectivity index (χ2v) is 10.8. The molecule has 2 aromatic carbocycles. The Balaban J connectivity index is 1.29. The Kier molecular flexibility index (Phi) is 6.77. The summed E-state index contributed by atoms with van der Waals surface area (Å²) in [4.78, 5) is 44.6. The minimum Gasteiger partial charge on any atom is -0.373 e. The Morgan fingerprint density at radius 3 is 2.36 bits per heavy atom. The van der Waals surface area contributed by atoms with Gasteiger partial charge in [-0.3, -0.25) is 14.4 Å². The van der Waals surface area contributed by atoms with Crippen molar-refractivity contribution >= 4 is 34.9 Å². The van der Waals surface area contributed by atoms with Gasteiger partial charge in [-0.2, -0.15) is 0 Å². The number of carbonyl (C=O) groups is 3. The van der Waals surface area contributed by atoms with E-state index in [0.29, 0.717) is 41.7 Å². The topological polar surface area (TPSA) is 60.9 Å². The van der Waals surface area contributed by atoms with Crippen LogP contribution in [0.1, 0.15) is 53.1 Å². The van der Waals surface area contributed by atoms with Crippen molar-refractivity contribution < 1.29 is 18.8 Å². The molecule has 1 saturated heterocycles. The molecule has 1 aliphatic carbocycles. The number of fused-ring (bicyclic) bond motifs is 1. The van der Waals surface area contributed by atoms with E-state index in [1.165, 1.54) is 12.1 Å². The Labute approximate surface area is 216 Å². The fourth-order valence-electron chi connectivity index (χ4n) is 5.46. The number of likely N-dealkylation sites (N-methyl/N-ethyl adjacent to an activating group) is 2. The molecule has 5 rings (SSSR count). The first-order valence-electron chi connectivity index (χ1n) is 12.6. The predicted octanol–water partition coefficient (Wildman–Crippen LogP) is 4.30. The van der Waals surface area contributed by atoms with Crippen LogP contribution in [0.3, 0.4) is 0 Å². The number of likely N-dealkylation sites (tertiary alicyclic amines) is 1. The molecule has 1 atom stereocenters. The number of benzene rings is 2. The van der Waals surface area contributed by atoms with Crippen LogP contribution in [0.15, 0.2) is 36.4 Å². The summed E-state index contributed by atoms with van der Waals surface area (Å²) in [6, 6.07) is 10.2. The molecule has 6 nitrogen and oxygen atoms in total. The number of halogens is 2. The highest BCUT2D eigenvalue weighted by atomic mass is 35.5. The molecular formula is C28H31ClFN3O3. The average Bonchev–Trinajstić information content (AvgIpc) is 3.68. The molecule has 2 fully saturated rings. The van der Waals surface area contributed by atoms with Crippen LogP contribution < -0.4 is 4.90 Å². The highest BCUT2D eigenvalue weighted by Gasteiger charge is 2.40. The molecule has 190 valence electrons. The van der Waals surface area contributed by atoms with Crippen LogP contribution in [0.25, 0.3) is 0 Å². The van der Waals surface area contributed by atoms with Gasteiger partial charge in [-0.05, 0) is 73.4 Å². The van der Waals surface area contributed by atoms with Gasteiger partial charge in [0.15, 0.2) is 0 Å². The van der Waals surface area contributed by atoms with E-state index < -0.39 is 17.6 Å². The van der Waals surface area contributed by atoms with E-state index in [2.05, 4.69) is 0 Å². The van der Waals surface area contributed by atoms with Gasteiger partial charge >= 0.3 is 0 Å². The molecule has 0 spiro atoms. The number of hydrogen-bond donors (Lipinski definition) is 0. The molecule has 0 aromatic heterocycles. The summed E-state index contributed by atoms with van der Waals surface area (Å²) >= 11 is 6.56. The van der Waals surface area contributed by atoms with Crippen molar-refractivity contribution in [3.05, 3.63) is 63.9 Å². The van der Waals surface area contributed by atoms with Crippen LogP contribution in [0, 0.1) is 11.7 Å². The highest BCUT2D eigenvalue weighted by molar-refractivity contribution is 6.39. The van der Waals surface area contributed by atoms with Gasteiger partial charge < -0.3 is 14.7 Å². The van der Waals surface area contributed by atoms with Crippen LogP contribution in [-0.4, -0.2) is 67.2 Å². The predicted molar refractivity (Wildman–Crippen MR) is 137 cm³/mol. The molecule has 2 heterocycles. The summed E-state index contributed by atoms with van der Waals surface area (Å²) in [5, 5.41) is 0.355. The monoisotopic (exact) mass is 511 g/mol. The van der Waals surface area contributed by atoms with Crippen molar-refractivity contribution in [2.45, 2.75) is 44.1 Å². The van der Waals surface area contributed by atoms with Crippen LogP contribution in [-0.2, 0) is 16.0 Å². The molecule has 2 aliphatic heterocycles. The van der Waals surface area contributed by atoms with E-state index in [1.54, 1.807) is 24.1 Å². The van der Waals surface area contributed by atoms with Crippen molar-refractivity contribution in [3.8, 4) is 0 Å². The summed E-state index contributed by atoms with van der Waals surface area (Å²) in [5.74, 6) is -1.46. The standard InChI is InChI=1S/C28H31ClFN3O3/c1-31-16-23(26(34)28(36)32(2)20-7-8-20)21-14-22(24(29)15-25(21)31)27(35)33-11-9-18(10-12-33)13-17-3-5-19(30)6-4-17/h3-6,14-15,18,20,23H,7-13,16H2,1-2H3. The summed E-state index contributed by atoms with van der Waals surface area (Å²) in [6.45, 7) is 1.62. The summed E-state index contributed by atoms with van der Waals surface area (Å²) in [7, 11) is 3.55. The number of nitrogens with zero attached hydrogens (tertiary/aromatic N) is 3. The van der Waals surface area contributed by atoms with Crippen molar-refractivity contribution in [3.63, 3.8) is 0 Å². The lowest BCUT2D eigenvalue weighted by Crippen LogP contribution is -2.39. The fraction of sp³-hybridized carbons (Fsp3) is 0.464. The van der Waals surface area contributed by atoms with Crippen LogP contribution in [0.4, 0.5) is 10.1 Å². The molecule has 8 heteroatoms. The quantitative estimate of drug-likeness (QED) is 0.543. The third-order valence-electron chi connectivity index (χ3n) is 7.87. The molecule has 0 N–H and O–H groups in total. The largest absolute Gasteiger partial charge is 0.373 e. The van der Waals surface area contributed by atoms with Crippen molar-refractivity contribution in [2.24, 2.45) is 5.92 Å². The maximum Gasteiger partial charge on any atom is 0.290 e. The van der Waals surface area contributed by atoms with E-state index in [0.717, 1.165) is 43.4 Å². The number of rotatable bonds is 6. The number of ketones is 1. The minimum absolute atomic E-state index is 0.148.